The third-order valence-electron chi connectivity index (χ3n) is 1.91. The number of hydrogen-bond donors (Lipinski definition) is 3. The molecule has 90 valence electrons. The summed E-state index contributed by atoms with van der Waals surface area (Å²) in [6.45, 7) is 1.30. The molecule has 0 aromatic heterocycles. The van der Waals surface area contributed by atoms with Crippen LogP contribution in [0.25, 0.3) is 0 Å². The Hall–Kier alpha value is -1.02. The Bertz CT molecular complexity index is 443. The van der Waals surface area contributed by atoms with Crippen molar-refractivity contribution < 1.29 is 23.0 Å². The molecule has 0 heterocycles. The minimum absolute atomic E-state index is 0.138. The fourth-order valence-electron chi connectivity index (χ4n) is 0.987. The first kappa shape index (κ1) is 13.0. The largest absolute Gasteiger partial charge is 0.367 e. The molecule has 3 N–H and O–H groups in total. The van der Waals surface area contributed by atoms with Crippen molar-refractivity contribution in [3.05, 3.63) is 30.1 Å². The molecule has 1 atom stereocenters. The van der Waals surface area contributed by atoms with E-state index in [1.165, 1.54) is 6.92 Å². The highest BCUT2D eigenvalue weighted by Crippen LogP contribution is 2.10. The predicted octanol–water partition coefficient (Wildman–Crippen LogP) is -0.197. The standard InChI is InChI=1S/C9H12FNO4S/c1-6(9(12)13)11-16(14,15)8-4-2-7(10)3-5-8/h2-6,9,11-13H,1H3/t6-/m1/s1. The fourth-order valence-corrected chi connectivity index (χ4v) is 2.23. The van der Waals surface area contributed by atoms with E-state index in [1.807, 2.05) is 4.72 Å². The molecule has 0 aliphatic carbocycles. The molecule has 16 heavy (non-hydrogen) atoms. The molecule has 0 aliphatic rings. The van der Waals surface area contributed by atoms with Crippen molar-refractivity contribution in [1.82, 2.24) is 4.72 Å². The Morgan fingerprint density at radius 1 is 1.25 bits per heavy atom. The molecule has 0 bridgehead atoms. The minimum Gasteiger partial charge on any atom is -0.367 e. The molecular formula is C9H12FNO4S. The van der Waals surface area contributed by atoms with E-state index in [-0.39, 0.29) is 4.90 Å². The first-order valence-corrected chi connectivity index (χ1v) is 5.95. The van der Waals surface area contributed by atoms with Gasteiger partial charge in [-0.25, -0.2) is 17.5 Å². The number of nitrogens with one attached hydrogen (secondary N) is 1. The van der Waals surface area contributed by atoms with Gasteiger partial charge in [0.1, 0.15) is 5.82 Å². The van der Waals surface area contributed by atoms with Gasteiger partial charge in [0.2, 0.25) is 10.0 Å². The Morgan fingerprint density at radius 2 is 1.75 bits per heavy atom. The van der Waals surface area contributed by atoms with Crippen LogP contribution in [0.4, 0.5) is 4.39 Å². The summed E-state index contributed by atoms with van der Waals surface area (Å²) >= 11 is 0. The van der Waals surface area contributed by atoms with E-state index in [9.17, 15) is 12.8 Å². The Kier molecular flexibility index (Phi) is 3.98. The van der Waals surface area contributed by atoms with Gasteiger partial charge in [0.25, 0.3) is 0 Å². The van der Waals surface area contributed by atoms with Crippen molar-refractivity contribution in [2.24, 2.45) is 0 Å². The molecule has 5 nitrogen and oxygen atoms in total. The van der Waals surface area contributed by atoms with Crippen LogP contribution in [0.2, 0.25) is 0 Å². The second-order valence-corrected chi connectivity index (χ2v) is 4.99. The average Bonchev–Trinajstić information content (AvgIpc) is 2.17. The molecule has 0 fully saturated rings. The Morgan fingerprint density at radius 3 is 2.19 bits per heavy atom. The van der Waals surface area contributed by atoms with Gasteiger partial charge in [-0.3, -0.25) is 0 Å². The topological polar surface area (TPSA) is 86.6 Å². The maximum absolute atomic E-state index is 12.6. The van der Waals surface area contributed by atoms with Crippen molar-refractivity contribution in [3.8, 4) is 0 Å². The van der Waals surface area contributed by atoms with Gasteiger partial charge in [-0.1, -0.05) is 0 Å². The van der Waals surface area contributed by atoms with Crippen LogP contribution < -0.4 is 4.72 Å². The first-order valence-electron chi connectivity index (χ1n) is 4.47. The van der Waals surface area contributed by atoms with Crippen LogP contribution in [0.3, 0.4) is 0 Å². The molecule has 0 spiro atoms. The normalized spacial score (nSPS) is 14.1. The maximum Gasteiger partial charge on any atom is 0.240 e. The van der Waals surface area contributed by atoms with Gasteiger partial charge in [-0.2, -0.15) is 0 Å². The van der Waals surface area contributed by atoms with Gasteiger partial charge in [-0.15, -0.1) is 0 Å². The van der Waals surface area contributed by atoms with Crippen molar-refractivity contribution in [3.63, 3.8) is 0 Å². The van der Waals surface area contributed by atoms with Crippen LogP contribution in [-0.4, -0.2) is 31.0 Å². The number of aliphatic hydroxyl groups excluding tert-OH is 1. The van der Waals surface area contributed by atoms with Crippen molar-refractivity contribution in [2.75, 3.05) is 0 Å². The summed E-state index contributed by atoms with van der Waals surface area (Å²) in [7, 11) is -3.86. The monoisotopic (exact) mass is 249 g/mol. The van der Waals surface area contributed by atoms with Gasteiger partial charge < -0.3 is 10.2 Å². The summed E-state index contributed by atoms with van der Waals surface area (Å²) in [6, 6.07) is 3.15. The Labute approximate surface area is 92.6 Å². The molecule has 0 saturated carbocycles. The van der Waals surface area contributed by atoms with Gasteiger partial charge >= 0.3 is 0 Å². The number of hydrogen-bond acceptors (Lipinski definition) is 4. The van der Waals surface area contributed by atoms with Crippen molar-refractivity contribution >= 4 is 10.0 Å². The second-order valence-electron chi connectivity index (χ2n) is 3.28. The van der Waals surface area contributed by atoms with Gasteiger partial charge in [0.05, 0.1) is 10.9 Å². The van der Waals surface area contributed by atoms with E-state index >= 15 is 0 Å². The molecule has 1 aromatic carbocycles. The lowest BCUT2D eigenvalue weighted by Gasteiger charge is -2.15. The zero-order valence-corrected chi connectivity index (χ0v) is 9.28. The van der Waals surface area contributed by atoms with Gasteiger partial charge in [0, 0.05) is 0 Å². The zero-order valence-electron chi connectivity index (χ0n) is 8.46. The smallest absolute Gasteiger partial charge is 0.240 e. The van der Waals surface area contributed by atoms with Crippen LogP contribution in [0.1, 0.15) is 6.92 Å². The van der Waals surface area contributed by atoms with Crippen LogP contribution >= 0.6 is 0 Å². The summed E-state index contributed by atoms with van der Waals surface area (Å²) < 4.78 is 37.8. The minimum atomic E-state index is -3.86. The van der Waals surface area contributed by atoms with E-state index in [2.05, 4.69) is 0 Å². The SMILES string of the molecule is C[C@@H](NS(=O)(=O)c1ccc(F)cc1)C(O)O. The van der Waals surface area contributed by atoms with Crippen LogP contribution in [-0.2, 0) is 10.0 Å². The highest BCUT2D eigenvalue weighted by atomic mass is 32.2. The number of sulfonamides is 1. The van der Waals surface area contributed by atoms with E-state index in [0.29, 0.717) is 0 Å². The van der Waals surface area contributed by atoms with Crippen LogP contribution in [0, 0.1) is 5.82 Å². The zero-order chi connectivity index (χ0) is 12.3. The van der Waals surface area contributed by atoms with E-state index < -0.39 is 28.2 Å². The van der Waals surface area contributed by atoms with E-state index in [4.69, 9.17) is 10.2 Å². The molecule has 0 unspecified atom stereocenters. The molecule has 0 radical (unpaired) electrons. The highest BCUT2D eigenvalue weighted by Gasteiger charge is 2.20. The lowest BCUT2D eigenvalue weighted by Crippen LogP contribution is -2.40. The second kappa shape index (κ2) is 4.88. The molecular weight excluding hydrogens is 237 g/mol. The third-order valence-corrected chi connectivity index (χ3v) is 3.49. The van der Waals surface area contributed by atoms with Gasteiger partial charge in [-0.05, 0) is 31.2 Å². The summed E-state index contributed by atoms with van der Waals surface area (Å²) in [4.78, 5) is -0.138. The number of aliphatic hydroxyl groups is 2. The number of halogens is 1. The van der Waals surface area contributed by atoms with E-state index in [1.54, 1.807) is 0 Å². The molecule has 0 aliphatic heterocycles. The predicted molar refractivity (Wildman–Crippen MR) is 54.4 cm³/mol. The number of benzene rings is 1. The van der Waals surface area contributed by atoms with Crippen molar-refractivity contribution in [2.45, 2.75) is 24.2 Å². The summed E-state index contributed by atoms with van der Waals surface area (Å²) in [6.07, 6.45) is -1.80. The van der Waals surface area contributed by atoms with Gasteiger partial charge in [0.15, 0.2) is 6.29 Å². The molecule has 0 saturated heterocycles. The Balaban J connectivity index is 2.90. The lowest BCUT2D eigenvalue weighted by atomic mass is 10.3. The first-order chi connectivity index (χ1) is 7.33. The quantitative estimate of drug-likeness (QED) is 0.645. The van der Waals surface area contributed by atoms with Crippen LogP contribution in [0.15, 0.2) is 29.2 Å². The summed E-state index contributed by atoms with van der Waals surface area (Å²) in [5.74, 6) is -0.547. The highest BCUT2D eigenvalue weighted by molar-refractivity contribution is 7.89. The van der Waals surface area contributed by atoms with Crippen molar-refractivity contribution in [1.29, 1.82) is 0 Å². The molecule has 0 amide bonds. The number of rotatable bonds is 4. The fraction of sp³-hybridized carbons (Fsp3) is 0.333. The summed E-state index contributed by atoms with van der Waals surface area (Å²) in [5, 5.41) is 17.5. The maximum atomic E-state index is 12.6. The molecule has 1 aromatic rings. The van der Waals surface area contributed by atoms with E-state index in [0.717, 1.165) is 24.3 Å². The van der Waals surface area contributed by atoms with Crippen LogP contribution in [0.5, 0.6) is 0 Å². The molecule has 7 heteroatoms. The lowest BCUT2D eigenvalue weighted by molar-refractivity contribution is -0.0575. The third kappa shape index (κ3) is 3.24. The average molecular weight is 249 g/mol. The molecule has 1 rings (SSSR count). The summed E-state index contributed by atoms with van der Waals surface area (Å²) in [5.41, 5.74) is 0.